The maximum atomic E-state index is 15.6. The van der Waals surface area contributed by atoms with Crippen LogP contribution in [-0.4, -0.2) is 133 Å². The molecule has 3 aromatic rings. The van der Waals surface area contributed by atoms with Crippen LogP contribution in [0.2, 0.25) is 19.1 Å². The zero-order valence-electron chi connectivity index (χ0n) is 46.4. The quantitative estimate of drug-likeness (QED) is 0.0940. The number of fused-ring (bicyclic) bond motifs is 1. The van der Waals surface area contributed by atoms with E-state index in [1.807, 2.05) is 59.7 Å². The number of benzene rings is 3. The molecule has 0 radical (unpaired) electrons. The highest BCUT2D eigenvalue weighted by Gasteiger charge is 2.50. The van der Waals surface area contributed by atoms with Gasteiger partial charge in [0.05, 0.1) is 32.2 Å². The van der Waals surface area contributed by atoms with Gasteiger partial charge in [0.2, 0.25) is 35.4 Å². The first kappa shape index (κ1) is 58.3. The van der Waals surface area contributed by atoms with Crippen molar-refractivity contribution in [3.8, 4) is 0 Å². The van der Waals surface area contributed by atoms with Crippen LogP contribution in [0.4, 0.5) is 4.39 Å². The van der Waals surface area contributed by atoms with E-state index >= 15 is 9.18 Å². The normalized spacial score (nSPS) is 21.4. The summed E-state index contributed by atoms with van der Waals surface area (Å²) in [5.74, 6) is -3.08. The first-order valence-electron chi connectivity index (χ1n) is 26.5. The van der Waals surface area contributed by atoms with Gasteiger partial charge < -0.3 is 46.6 Å². The van der Waals surface area contributed by atoms with Crippen molar-refractivity contribution in [1.82, 2.24) is 46.6 Å². The second kappa shape index (κ2) is 23.9. The molecule has 1 aliphatic carbocycles. The summed E-state index contributed by atoms with van der Waals surface area (Å²) in [4.78, 5) is 104. The Morgan fingerprint density at radius 2 is 1.29 bits per heavy atom. The minimum absolute atomic E-state index is 0.0231. The van der Waals surface area contributed by atoms with E-state index in [9.17, 15) is 28.8 Å². The Morgan fingerprint density at radius 1 is 0.733 bits per heavy atom. The Bertz CT molecular complexity index is 2580. The van der Waals surface area contributed by atoms with Crippen molar-refractivity contribution in [1.29, 1.82) is 0 Å². The summed E-state index contributed by atoms with van der Waals surface area (Å²) in [7, 11) is 1.14. The van der Waals surface area contributed by atoms with Gasteiger partial charge in [0, 0.05) is 36.4 Å². The van der Waals surface area contributed by atoms with Crippen LogP contribution >= 0.6 is 0 Å². The molecule has 1 unspecified atom stereocenters. The van der Waals surface area contributed by atoms with Gasteiger partial charge in [-0.15, -0.1) is 0 Å². The molecule has 2 saturated heterocycles. The van der Waals surface area contributed by atoms with Crippen LogP contribution in [0.3, 0.4) is 0 Å². The van der Waals surface area contributed by atoms with E-state index in [2.05, 4.69) is 51.1 Å². The molecule has 16 nitrogen and oxygen atoms in total. The van der Waals surface area contributed by atoms with Crippen LogP contribution < -0.4 is 31.9 Å². The molecule has 408 valence electrons. The monoisotopic (exact) mass is 1050 g/mol. The highest BCUT2D eigenvalue weighted by molar-refractivity contribution is 6.79. The van der Waals surface area contributed by atoms with Crippen molar-refractivity contribution in [3.05, 3.63) is 106 Å². The Kier molecular flexibility index (Phi) is 18.6. The van der Waals surface area contributed by atoms with Crippen molar-refractivity contribution in [2.24, 2.45) is 10.8 Å². The lowest BCUT2D eigenvalue weighted by Crippen LogP contribution is -2.60. The summed E-state index contributed by atoms with van der Waals surface area (Å²) in [5, 5.41) is 18.0. The van der Waals surface area contributed by atoms with Gasteiger partial charge in [0.15, 0.2) is 0 Å². The molecule has 7 amide bonds. The predicted octanol–water partition coefficient (Wildman–Crippen LogP) is 5.54. The zero-order valence-corrected chi connectivity index (χ0v) is 47.4. The highest BCUT2D eigenvalue weighted by Crippen LogP contribution is 2.36. The minimum Gasteiger partial charge on any atom is -0.347 e. The number of likely N-dealkylation sites (N-methyl/N-ethyl adjacent to an activating group) is 2. The summed E-state index contributed by atoms with van der Waals surface area (Å²) < 4.78 is 15.6. The van der Waals surface area contributed by atoms with E-state index in [0.717, 1.165) is 24.8 Å². The maximum absolute atomic E-state index is 15.6. The standard InChI is InChI=1S/C57H82FN9O7Si/c1-34(59-10)49(68)63-47(56(4,5)6)54(73)66-31-40(29-45(66)52(71)62-44-24-18-20-38-19-14-15-22-42(38)44)61-51(70)39-27-25-37(26-28-39)30-65(36(3)41-21-16-17-23-43(41)58)53(72)46-32-75(12,13)33-67(46)55(74)48(57(7,8)9)64-50(69)35(2)60-11/h14-17,19,21-23,25-28,34-36,40,44-48,59-60H,18,20,24,29-33H2,1-13H3,(H,61,70)(H,62,71)(H,63,68)(H,64,69)/t34-,35-,36+,40-,44+,45-,46-,47?,48+/m0/s1. The molecule has 0 aromatic heterocycles. The molecule has 9 atom stereocenters. The Morgan fingerprint density at radius 3 is 1.87 bits per heavy atom. The maximum Gasteiger partial charge on any atom is 0.251 e. The first-order valence-corrected chi connectivity index (χ1v) is 30.0. The molecule has 3 aliphatic rings. The summed E-state index contributed by atoms with van der Waals surface area (Å²) in [6.45, 7) is 20.7. The number of aryl methyl sites for hydroxylation is 1. The minimum atomic E-state index is -2.18. The Labute approximate surface area is 444 Å². The molecule has 2 aliphatic heterocycles. The summed E-state index contributed by atoms with van der Waals surface area (Å²) in [6.07, 6.45) is 3.08. The molecule has 18 heteroatoms. The average Bonchev–Trinajstić information content (AvgIpc) is 3.94. The second-order valence-corrected chi connectivity index (χ2v) is 29.0. The van der Waals surface area contributed by atoms with Gasteiger partial charge in [-0.05, 0) is 112 Å². The number of carbonyl (C=O) groups excluding carboxylic acids is 7. The topological polar surface area (TPSA) is 201 Å². The lowest BCUT2D eigenvalue weighted by Gasteiger charge is -2.38. The molecule has 2 fully saturated rings. The van der Waals surface area contributed by atoms with Gasteiger partial charge in [0.1, 0.15) is 30.0 Å². The third kappa shape index (κ3) is 13.9. The van der Waals surface area contributed by atoms with Gasteiger partial charge in [-0.1, -0.05) is 109 Å². The number of hydrogen-bond donors (Lipinski definition) is 6. The summed E-state index contributed by atoms with van der Waals surface area (Å²) in [6, 6.07) is 15.1. The van der Waals surface area contributed by atoms with Crippen LogP contribution in [0.1, 0.15) is 126 Å². The highest BCUT2D eigenvalue weighted by atomic mass is 28.3. The lowest BCUT2D eigenvalue weighted by molar-refractivity contribution is -0.148. The van der Waals surface area contributed by atoms with Crippen LogP contribution in [0.25, 0.3) is 0 Å². The molecular formula is C57H82FN9O7Si. The third-order valence-corrected chi connectivity index (χ3v) is 18.0. The largest absolute Gasteiger partial charge is 0.347 e. The number of halogens is 1. The molecular weight excluding hydrogens is 970 g/mol. The van der Waals surface area contributed by atoms with E-state index in [4.69, 9.17) is 0 Å². The predicted molar refractivity (Wildman–Crippen MR) is 291 cm³/mol. The SMILES string of the molecule is CN[C@@H](C)C(=O)NC(C(=O)N1C[C@@H](NC(=O)c2ccc(CN(C(=O)[C@@H]3C[Si](C)(C)CN3C(=O)[C@@H](NC(=O)[C@H](C)NC)C(C)(C)C)[C@H](C)c3ccccc3F)cc2)C[C@H]1C(=O)N[C@@H]1CCCc2ccccc21)C(C)(C)C. The van der Waals surface area contributed by atoms with Crippen molar-refractivity contribution in [2.75, 3.05) is 26.8 Å². The van der Waals surface area contributed by atoms with Gasteiger partial charge in [-0.25, -0.2) is 4.39 Å². The van der Waals surface area contributed by atoms with E-state index in [1.54, 1.807) is 87.1 Å². The van der Waals surface area contributed by atoms with E-state index in [0.29, 0.717) is 28.9 Å². The molecule has 6 N–H and O–H groups in total. The van der Waals surface area contributed by atoms with Crippen LogP contribution in [-0.2, 0) is 41.7 Å². The molecule has 0 saturated carbocycles. The van der Waals surface area contributed by atoms with Crippen LogP contribution in [0.15, 0.2) is 72.8 Å². The molecule has 3 aromatic carbocycles. The molecule has 0 spiro atoms. The van der Waals surface area contributed by atoms with Crippen LogP contribution in [0, 0.1) is 16.6 Å². The number of rotatable bonds is 17. The summed E-state index contributed by atoms with van der Waals surface area (Å²) in [5.41, 5.74) is 2.05. The number of likely N-dealkylation sites (tertiary alicyclic amines) is 1. The second-order valence-electron chi connectivity index (χ2n) is 23.9. The van der Waals surface area contributed by atoms with Crippen molar-refractivity contribution < 1.29 is 38.0 Å². The van der Waals surface area contributed by atoms with Crippen molar-refractivity contribution >= 4 is 49.4 Å². The van der Waals surface area contributed by atoms with Gasteiger partial charge in [-0.2, -0.15) is 0 Å². The average molecular weight is 1050 g/mol. The molecule has 75 heavy (non-hydrogen) atoms. The number of nitrogens with one attached hydrogen (secondary N) is 6. The lowest BCUT2D eigenvalue weighted by atomic mass is 9.85. The number of carbonyl (C=O) groups is 7. The Hall–Kier alpha value is -5.98. The van der Waals surface area contributed by atoms with E-state index < -0.39 is 84.9 Å². The van der Waals surface area contributed by atoms with Gasteiger partial charge >= 0.3 is 0 Å². The smallest absolute Gasteiger partial charge is 0.251 e. The molecule has 2 heterocycles. The van der Waals surface area contributed by atoms with Gasteiger partial charge in [0.25, 0.3) is 5.91 Å². The number of amides is 7. The Balaban J connectivity index is 1.25. The fourth-order valence-electron chi connectivity index (χ4n) is 10.6. The van der Waals surface area contributed by atoms with Crippen molar-refractivity contribution in [2.45, 2.75) is 168 Å². The number of hydrogen-bond acceptors (Lipinski definition) is 9. The fourth-order valence-corrected chi connectivity index (χ4v) is 13.4. The van der Waals surface area contributed by atoms with Crippen molar-refractivity contribution in [3.63, 3.8) is 0 Å². The third-order valence-electron chi connectivity index (χ3n) is 15.3. The molecule has 6 rings (SSSR count). The first-order chi connectivity index (χ1) is 35.1. The van der Waals surface area contributed by atoms with E-state index in [-0.39, 0.29) is 55.1 Å². The summed E-state index contributed by atoms with van der Waals surface area (Å²) >= 11 is 0. The molecule has 0 bridgehead atoms. The number of nitrogens with zero attached hydrogens (tertiary/aromatic N) is 3. The van der Waals surface area contributed by atoms with E-state index in [1.165, 1.54) is 16.5 Å². The zero-order chi connectivity index (χ0) is 55.3. The fraction of sp³-hybridized carbons (Fsp3) is 0.561. The van der Waals surface area contributed by atoms with Crippen LogP contribution in [0.5, 0.6) is 0 Å². The van der Waals surface area contributed by atoms with Gasteiger partial charge in [-0.3, -0.25) is 33.6 Å².